The van der Waals surface area contributed by atoms with E-state index in [-0.39, 0.29) is 17.8 Å². The summed E-state index contributed by atoms with van der Waals surface area (Å²) in [6.07, 6.45) is 12.3. The summed E-state index contributed by atoms with van der Waals surface area (Å²) in [5.74, 6) is 0.0503. The second-order valence-corrected chi connectivity index (χ2v) is 5.63. The maximum atomic E-state index is 11.7. The second kappa shape index (κ2) is 13.7. The van der Waals surface area contributed by atoms with Crippen molar-refractivity contribution in [1.29, 1.82) is 0 Å². The molecule has 0 aromatic carbocycles. The Bertz CT molecular complexity index is 293. The van der Waals surface area contributed by atoms with Gasteiger partial charge in [-0.25, -0.2) is 0 Å². The fourth-order valence-corrected chi connectivity index (χ4v) is 2.32. The summed E-state index contributed by atoms with van der Waals surface area (Å²) in [7, 11) is 0. The van der Waals surface area contributed by atoms with Gasteiger partial charge in [-0.05, 0) is 12.8 Å². The molecule has 0 radical (unpaired) electrons. The van der Waals surface area contributed by atoms with Gasteiger partial charge in [-0.15, -0.1) is 0 Å². The third-order valence-electron chi connectivity index (χ3n) is 3.72. The van der Waals surface area contributed by atoms with Crippen LogP contribution >= 0.6 is 0 Å². The molecule has 124 valence electrons. The van der Waals surface area contributed by atoms with E-state index in [1.165, 1.54) is 44.9 Å². The van der Waals surface area contributed by atoms with E-state index in [4.69, 9.17) is 10.9 Å². The minimum atomic E-state index is -0.360. The third-order valence-corrected chi connectivity index (χ3v) is 3.72. The molecule has 5 nitrogen and oxygen atoms in total. The van der Waals surface area contributed by atoms with Crippen molar-refractivity contribution in [1.82, 2.24) is 5.32 Å². The zero-order valence-electron chi connectivity index (χ0n) is 13.7. The number of oxime groups is 1. The van der Waals surface area contributed by atoms with Crippen molar-refractivity contribution in [3.05, 3.63) is 0 Å². The Balaban J connectivity index is 3.53. The molecule has 0 saturated carbocycles. The number of rotatable bonds is 13. The van der Waals surface area contributed by atoms with Crippen LogP contribution < -0.4 is 11.1 Å². The molecule has 0 aliphatic carbocycles. The van der Waals surface area contributed by atoms with Crippen molar-refractivity contribution in [3.63, 3.8) is 0 Å². The van der Waals surface area contributed by atoms with Crippen molar-refractivity contribution < 1.29 is 10.0 Å². The molecule has 0 aliphatic rings. The second-order valence-electron chi connectivity index (χ2n) is 5.63. The predicted octanol–water partition coefficient (Wildman–Crippen LogP) is 3.55. The van der Waals surface area contributed by atoms with Gasteiger partial charge in [-0.2, -0.15) is 0 Å². The first-order chi connectivity index (χ1) is 10.2. The molecule has 0 aromatic rings. The van der Waals surface area contributed by atoms with E-state index in [9.17, 15) is 4.79 Å². The molecule has 0 spiro atoms. The highest BCUT2D eigenvalue weighted by Gasteiger charge is 2.14. The Morgan fingerprint density at radius 3 is 2.05 bits per heavy atom. The van der Waals surface area contributed by atoms with Crippen LogP contribution in [-0.2, 0) is 4.79 Å². The first kappa shape index (κ1) is 19.7. The van der Waals surface area contributed by atoms with E-state index in [1.54, 1.807) is 0 Å². The Morgan fingerprint density at radius 1 is 1.05 bits per heavy atom. The van der Waals surface area contributed by atoms with Crippen LogP contribution in [0, 0.1) is 0 Å². The molecular weight excluding hydrogens is 266 g/mol. The minimum Gasteiger partial charge on any atom is -0.409 e. The van der Waals surface area contributed by atoms with E-state index in [1.807, 2.05) is 6.92 Å². The number of carbonyl (C=O) groups is 1. The number of carbonyl (C=O) groups excluding carboxylic acids is 1. The SMILES string of the molecule is CCCCCCCCCCCC(=O)NC(CC)C(N)=NO. The lowest BCUT2D eigenvalue weighted by molar-refractivity contribution is -0.121. The van der Waals surface area contributed by atoms with Crippen LogP contribution in [0.15, 0.2) is 5.16 Å². The lowest BCUT2D eigenvalue weighted by Crippen LogP contribution is -2.44. The van der Waals surface area contributed by atoms with Crippen LogP contribution in [0.5, 0.6) is 0 Å². The van der Waals surface area contributed by atoms with E-state index < -0.39 is 0 Å². The van der Waals surface area contributed by atoms with Gasteiger partial charge < -0.3 is 16.3 Å². The Morgan fingerprint density at radius 2 is 1.57 bits per heavy atom. The number of amidine groups is 1. The smallest absolute Gasteiger partial charge is 0.220 e. The van der Waals surface area contributed by atoms with Gasteiger partial charge in [-0.3, -0.25) is 4.79 Å². The summed E-state index contributed by atoms with van der Waals surface area (Å²) < 4.78 is 0. The van der Waals surface area contributed by atoms with Gasteiger partial charge >= 0.3 is 0 Å². The quantitative estimate of drug-likeness (QED) is 0.160. The number of amides is 1. The maximum absolute atomic E-state index is 11.7. The largest absolute Gasteiger partial charge is 0.409 e. The van der Waals surface area contributed by atoms with Gasteiger partial charge in [0.1, 0.15) is 0 Å². The molecule has 21 heavy (non-hydrogen) atoms. The van der Waals surface area contributed by atoms with Gasteiger partial charge in [0, 0.05) is 6.42 Å². The average Bonchev–Trinajstić information content (AvgIpc) is 2.50. The highest BCUT2D eigenvalue weighted by atomic mass is 16.4. The molecule has 0 rings (SSSR count). The Kier molecular flexibility index (Phi) is 12.9. The molecule has 1 atom stereocenters. The van der Waals surface area contributed by atoms with Gasteiger partial charge in [0.15, 0.2) is 5.84 Å². The summed E-state index contributed by atoms with van der Waals surface area (Å²) in [6, 6.07) is -0.360. The highest BCUT2D eigenvalue weighted by Crippen LogP contribution is 2.10. The summed E-state index contributed by atoms with van der Waals surface area (Å²) in [4.78, 5) is 11.7. The summed E-state index contributed by atoms with van der Waals surface area (Å²) >= 11 is 0. The van der Waals surface area contributed by atoms with Crippen molar-refractivity contribution in [2.24, 2.45) is 10.9 Å². The topological polar surface area (TPSA) is 87.7 Å². The summed E-state index contributed by atoms with van der Waals surface area (Å²) in [6.45, 7) is 4.12. The van der Waals surface area contributed by atoms with Crippen LogP contribution in [0.25, 0.3) is 0 Å². The van der Waals surface area contributed by atoms with E-state index in [2.05, 4.69) is 17.4 Å². The van der Waals surface area contributed by atoms with Gasteiger partial charge in [0.25, 0.3) is 0 Å². The monoisotopic (exact) mass is 299 g/mol. The number of nitrogens with two attached hydrogens (primary N) is 1. The zero-order valence-corrected chi connectivity index (χ0v) is 13.7. The fourth-order valence-electron chi connectivity index (χ4n) is 2.32. The Labute approximate surface area is 129 Å². The van der Waals surface area contributed by atoms with Crippen LogP contribution in [-0.4, -0.2) is 23.0 Å². The maximum Gasteiger partial charge on any atom is 0.220 e. The molecule has 4 N–H and O–H groups in total. The van der Waals surface area contributed by atoms with Gasteiger partial charge in [0.2, 0.25) is 5.91 Å². The minimum absolute atomic E-state index is 0.0172. The molecule has 0 aliphatic heterocycles. The van der Waals surface area contributed by atoms with Crippen molar-refractivity contribution >= 4 is 11.7 Å². The third kappa shape index (κ3) is 11.1. The molecule has 1 unspecified atom stereocenters. The van der Waals surface area contributed by atoms with Crippen LogP contribution in [0.2, 0.25) is 0 Å². The molecule has 0 fully saturated rings. The number of hydrogen-bond acceptors (Lipinski definition) is 3. The van der Waals surface area contributed by atoms with Crippen LogP contribution in [0.3, 0.4) is 0 Å². The van der Waals surface area contributed by atoms with E-state index >= 15 is 0 Å². The van der Waals surface area contributed by atoms with Gasteiger partial charge in [-0.1, -0.05) is 70.4 Å². The highest BCUT2D eigenvalue weighted by molar-refractivity contribution is 5.89. The van der Waals surface area contributed by atoms with E-state index in [0.717, 1.165) is 12.8 Å². The standard InChI is InChI=1S/C16H33N3O2/c1-3-5-6-7-8-9-10-11-12-13-15(20)18-14(4-2)16(17)19-21/h14,21H,3-13H2,1-2H3,(H2,17,19)(H,18,20). The molecule has 5 heteroatoms. The summed E-state index contributed by atoms with van der Waals surface area (Å²) in [5.41, 5.74) is 5.51. The van der Waals surface area contributed by atoms with Gasteiger partial charge in [0.05, 0.1) is 6.04 Å². The van der Waals surface area contributed by atoms with E-state index in [0.29, 0.717) is 12.8 Å². The van der Waals surface area contributed by atoms with Crippen LogP contribution in [0.1, 0.15) is 84.5 Å². The van der Waals surface area contributed by atoms with Crippen molar-refractivity contribution in [2.45, 2.75) is 90.5 Å². The zero-order chi connectivity index (χ0) is 15.9. The normalized spacial score (nSPS) is 13.1. The first-order valence-corrected chi connectivity index (χ1v) is 8.42. The van der Waals surface area contributed by atoms with Crippen molar-refractivity contribution in [2.75, 3.05) is 0 Å². The lowest BCUT2D eigenvalue weighted by Gasteiger charge is -2.15. The molecule has 0 heterocycles. The summed E-state index contributed by atoms with van der Waals surface area (Å²) in [5, 5.41) is 14.3. The predicted molar refractivity (Wildman–Crippen MR) is 87.5 cm³/mol. The number of nitrogens with zero attached hydrogens (tertiary/aromatic N) is 1. The first-order valence-electron chi connectivity index (χ1n) is 8.42. The van der Waals surface area contributed by atoms with Crippen molar-refractivity contribution in [3.8, 4) is 0 Å². The Hall–Kier alpha value is -1.26. The number of unbranched alkanes of at least 4 members (excludes halogenated alkanes) is 8. The van der Waals surface area contributed by atoms with Crippen LogP contribution in [0.4, 0.5) is 0 Å². The fraction of sp³-hybridized carbons (Fsp3) is 0.875. The number of hydrogen-bond donors (Lipinski definition) is 3. The molecule has 0 bridgehead atoms. The molecular formula is C16H33N3O2. The molecule has 0 saturated heterocycles. The molecule has 0 aromatic heterocycles. The lowest BCUT2D eigenvalue weighted by atomic mass is 10.1. The number of nitrogens with one attached hydrogen (secondary N) is 1. The average molecular weight is 299 g/mol. The molecule has 1 amide bonds.